The summed E-state index contributed by atoms with van der Waals surface area (Å²) in [6, 6.07) is 0.570. The highest BCUT2D eigenvalue weighted by molar-refractivity contribution is 5.78. The zero-order chi connectivity index (χ0) is 10.1. The Bertz CT molecular complexity index is 217. The van der Waals surface area contributed by atoms with E-state index in [-0.39, 0.29) is 5.91 Å². The maximum Gasteiger partial charge on any atom is 0.236 e. The predicted molar refractivity (Wildman–Crippen MR) is 55.0 cm³/mol. The van der Waals surface area contributed by atoms with Crippen LogP contribution in [0.25, 0.3) is 0 Å². The van der Waals surface area contributed by atoms with Crippen LogP contribution in [-0.2, 0) is 4.79 Å². The van der Waals surface area contributed by atoms with Crippen molar-refractivity contribution in [1.29, 1.82) is 0 Å². The van der Waals surface area contributed by atoms with Crippen LogP contribution in [0.15, 0.2) is 0 Å². The number of nitrogens with zero attached hydrogens (tertiary/aromatic N) is 2. The van der Waals surface area contributed by atoms with Crippen molar-refractivity contribution in [3.8, 4) is 0 Å². The van der Waals surface area contributed by atoms with Gasteiger partial charge in [-0.25, -0.2) is 0 Å². The number of amides is 1. The first-order valence-electron chi connectivity index (χ1n) is 5.32. The van der Waals surface area contributed by atoms with E-state index in [1.165, 1.54) is 6.42 Å². The van der Waals surface area contributed by atoms with Gasteiger partial charge in [0.1, 0.15) is 0 Å². The standard InChI is InChI=1S/C10H19N3O/c1-12(2)7-10(14)13-5-8-3-4-11-9(8)6-13/h8-9,11H,3-7H2,1-2H3/t8-,9+/m0/s1. The molecule has 0 radical (unpaired) electrons. The van der Waals surface area contributed by atoms with Crippen molar-refractivity contribution >= 4 is 5.91 Å². The van der Waals surface area contributed by atoms with Gasteiger partial charge < -0.3 is 15.1 Å². The van der Waals surface area contributed by atoms with Gasteiger partial charge in [0.2, 0.25) is 5.91 Å². The van der Waals surface area contributed by atoms with Gasteiger partial charge in [-0.05, 0) is 33.0 Å². The molecule has 2 heterocycles. The van der Waals surface area contributed by atoms with Gasteiger partial charge in [0.15, 0.2) is 0 Å². The summed E-state index contributed by atoms with van der Waals surface area (Å²) in [5.74, 6) is 0.979. The molecule has 14 heavy (non-hydrogen) atoms. The summed E-state index contributed by atoms with van der Waals surface area (Å²) in [6.07, 6.45) is 1.23. The second kappa shape index (κ2) is 3.87. The fourth-order valence-corrected chi connectivity index (χ4v) is 2.42. The van der Waals surface area contributed by atoms with E-state index >= 15 is 0 Å². The number of fused-ring (bicyclic) bond motifs is 1. The topological polar surface area (TPSA) is 35.6 Å². The molecule has 0 spiro atoms. The number of rotatable bonds is 2. The van der Waals surface area contributed by atoms with Gasteiger partial charge in [-0.3, -0.25) is 4.79 Å². The monoisotopic (exact) mass is 197 g/mol. The van der Waals surface area contributed by atoms with Crippen molar-refractivity contribution in [2.45, 2.75) is 12.5 Å². The first-order chi connectivity index (χ1) is 6.66. The number of hydrogen-bond donors (Lipinski definition) is 1. The van der Waals surface area contributed by atoms with Gasteiger partial charge in [-0.1, -0.05) is 0 Å². The molecule has 2 rings (SSSR count). The van der Waals surface area contributed by atoms with Crippen LogP contribution < -0.4 is 5.32 Å². The van der Waals surface area contributed by atoms with Crippen molar-refractivity contribution in [2.75, 3.05) is 40.3 Å². The quantitative estimate of drug-likeness (QED) is 0.640. The Kier molecular flexibility index (Phi) is 2.74. The molecule has 2 aliphatic rings. The number of carbonyl (C=O) groups is 1. The first-order valence-corrected chi connectivity index (χ1v) is 5.32. The third-order valence-corrected chi connectivity index (χ3v) is 3.17. The van der Waals surface area contributed by atoms with Crippen molar-refractivity contribution in [2.24, 2.45) is 5.92 Å². The molecule has 2 atom stereocenters. The number of carbonyl (C=O) groups excluding carboxylic acids is 1. The maximum absolute atomic E-state index is 11.7. The lowest BCUT2D eigenvalue weighted by atomic mass is 10.1. The Balaban J connectivity index is 1.86. The van der Waals surface area contributed by atoms with E-state index in [2.05, 4.69) is 5.32 Å². The minimum absolute atomic E-state index is 0.270. The zero-order valence-corrected chi connectivity index (χ0v) is 8.99. The lowest BCUT2D eigenvalue weighted by molar-refractivity contribution is -0.131. The Hall–Kier alpha value is -0.610. The largest absolute Gasteiger partial charge is 0.340 e. The van der Waals surface area contributed by atoms with Crippen LogP contribution in [0.3, 0.4) is 0 Å². The number of likely N-dealkylation sites (tertiary alicyclic amines) is 1. The zero-order valence-electron chi connectivity index (χ0n) is 8.99. The van der Waals surface area contributed by atoms with Crippen LogP contribution in [-0.4, -0.2) is 62.0 Å². The molecule has 2 saturated heterocycles. The second-order valence-electron chi connectivity index (χ2n) is 4.65. The summed E-state index contributed by atoms with van der Waals surface area (Å²) in [5, 5.41) is 3.45. The smallest absolute Gasteiger partial charge is 0.236 e. The third-order valence-electron chi connectivity index (χ3n) is 3.17. The molecule has 0 saturated carbocycles. The molecule has 0 unspecified atom stereocenters. The Labute approximate surface area is 85.2 Å². The Morgan fingerprint density at radius 2 is 2.29 bits per heavy atom. The molecule has 0 aromatic rings. The predicted octanol–water partition coefficient (Wildman–Crippen LogP) is -0.632. The Morgan fingerprint density at radius 3 is 2.93 bits per heavy atom. The molecule has 1 N–H and O–H groups in total. The summed E-state index contributed by atoms with van der Waals surface area (Å²) in [4.78, 5) is 15.7. The summed E-state index contributed by atoms with van der Waals surface area (Å²) >= 11 is 0. The highest BCUT2D eigenvalue weighted by Crippen LogP contribution is 2.24. The van der Waals surface area contributed by atoms with E-state index in [1.54, 1.807) is 0 Å². The van der Waals surface area contributed by atoms with Gasteiger partial charge in [0, 0.05) is 19.1 Å². The lowest BCUT2D eigenvalue weighted by Crippen LogP contribution is -2.38. The molecule has 0 aromatic carbocycles. The van der Waals surface area contributed by atoms with Crippen LogP contribution >= 0.6 is 0 Å². The molecular formula is C10H19N3O. The fourth-order valence-electron chi connectivity index (χ4n) is 2.42. The van der Waals surface area contributed by atoms with Crippen molar-refractivity contribution < 1.29 is 4.79 Å². The molecule has 4 heteroatoms. The van der Waals surface area contributed by atoms with E-state index in [0.29, 0.717) is 18.5 Å². The molecule has 2 aliphatic heterocycles. The molecule has 0 aromatic heterocycles. The molecule has 2 fully saturated rings. The summed E-state index contributed by atoms with van der Waals surface area (Å²) in [6.45, 7) is 3.55. The van der Waals surface area contributed by atoms with E-state index in [4.69, 9.17) is 0 Å². The maximum atomic E-state index is 11.7. The molecule has 0 bridgehead atoms. The normalized spacial score (nSPS) is 31.2. The van der Waals surface area contributed by atoms with Crippen molar-refractivity contribution in [1.82, 2.24) is 15.1 Å². The highest BCUT2D eigenvalue weighted by atomic mass is 16.2. The first kappa shape index (κ1) is 9.93. The molecule has 80 valence electrons. The number of likely N-dealkylation sites (N-methyl/N-ethyl adjacent to an activating group) is 1. The number of hydrogen-bond acceptors (Lipinski definition) is 3. The summed E-state index contributed by atoms with van der Waals surface area (Å²) in [7, 11) is 3.88. The van der Waals surface area contributed by atoms with Gasteiger partial charge in [0.05, 0.1) is 6.54 Å². The molecule has 0 aliphatic carbocycles. The van der Waals surface area contributed by atoms with Crippen LogP contribution in [0.4, 0.5) is 0 Å². The lowest BCUT2D eigenvalue weighted by Gasteiger charge is -2.19. The number of nitrogens with one attached hydrogen (secondary N) is 1. The average molecular weight is 197 g/mol. The van der Waals surface area contributed by atoms with Crippen LogP contribution in [0.2, 0.25) is 0 Å². The molecular weight excluding hydrogens is 178 g/mol. The van der Waals surface area contributed by atoms with Crippen LogP contribution in [0, 0.1) is 5.92 Å². The Morgan fingerprint density at radius 1 is 1.50 bits per heavy atom. The molecule has 4 nitrogen and oxygen atoms in total. The van der Waals surface area contributed by atoms with E-state index in [0.717, 1.165) is 19.6 Å². The van der Waals surface area contributed by atoms with E-state index < -0.39 is 0 Å². The van der Waals surface area contributed by atoms with Gasteiger partial charge in [-0.15, -0.1) is 0 Å². The third kappa shape index (κ3) is 1.91. The SMILES string of the molecule is CN(C)CC(=O)N1C[C@@H]2CCN[C@@H]2C1. The van der Waals surface area contributed by atoms with Crippen LogP contribution in [0.5, 0.6) is 0 Å². The minimum atomic E-state index is 0.270. The van der Waals surface area contributed by atoms with E-state index in [9.17, 15) is 4.79 Å². The fraction of sp³-hybridized carbons (Fsp3) is 0.900. The molecule has 1 amide bonds. The van der Waals surface area contributed by atoms with Gasteiger partial charge in [-0.2, -0.15) is 0 Å². The average Bonchev–Trinajstić information content (AvgIpc) is 2.58. The van der Waals surface area contributed by atoms with Crippen molar-refractivity contribution in [3.05, 3.63) is 0 Å². The van der Waals surface area contributed by atoms with Crippen LogP contribution in [0.1, 0.15) is 6.42 Å². The highest BCUT2D eigenvalue weighted by Gasteiger charge is 2.37. The second-order valence-corrected chi connectivity index (χ2v) is 4.65. The summed E-state index contributed by atoms with van der Waals surface area (Å²) in [5.41, 5.74) is 0. The van der Waals surface area contributed by atoms with Crippen molar-refractivity contribution in [3.63, 3.8) is 0 Å². The van der Waals surface area contributed by atoms with Gasteiger partial charge >= 0.3 is 0 Å². The minimum Gasteiger partial charge on any atom is -0.340 e. The van der Waals surface area contributed by atoms with E-state index in [1.807, 2.05) is 23.9 Å². The summed E-state index contributed by atoms with van der Waals surface area (Å²) < 4.78 is 0. The van der Waals surface area contributed by atoms with Gasteiger partial charge in [0.25, 0.3) is 0 Å².